The second kappa shape index (κ2) is 5.32. The summed E-state index contributed by atoms with van der Waals surface area (Å²) in [6, 6.07) is 0.229. The average molecular weight is 199 g/mol. The number of nitrogens with one attached hydrogen (secondary N) is 2. The van der Waals surface area contributed by atoms with E-state index in [4.69, 9.17) is 0 Å². The van der Waals surface area contributed by atoms with Crippen LogP contribution in [0, 0.1) is 0 Å². The third-order valence-corrected chi connectivity index (χ3v) is 2.51. The van der Waals surface area contributed by atoms with Gasteiger partial charge in [-0.3, -0.25) is 9.69 Å². The molecule has 0 aromatic rings. The zero-order valence-electron chi connectivity index (χ0n) is 9.34. The van der Waals surface area contributed by atoms with Crippen molar-refractivity contribution in [3.8, 4) is 0 Å². The molecule has 4 nitrogen and oxygen atoms in total. The van der Waals surface area contributed by atoms with Gasteiger partial charge in [-0.25, -0.2) is 0 Å². The highest BCUT2D eigenvalue weighted by Gasteiger charge is 2.22. The van der Waals surface area contributed by atoms with E-state index in [-0.39, 0.29) is 18.0 Å². The van der Waals surface area contributed by atoms with Gasteiger partial charge in [-0.05, 0) is 20.8 Å². The van der Waals surface area contributed by atoms with E-state index in [1.54, 1.807) is 0 Å². The van der Waals surface area contributed by atoms with Crippen molar-refractivity contribution in [3.63, 3.8) is 0 Å². The highest BCUT2D eigenvalue weighted by Crippen LogP contribution is 2.01. The van der Waals surface area contributed by atoms with Crippen molar-refractivity contribution < 1.29 is 4.79 Å². The van der Waals surface area contributed by atoms with E-state index in [1.807, 2.05) is 20.8 Å². The average Bonchev–Trinajstić information content (AvgIpc) is 2.17. The maximum atomic E-state index is 11.7. The first-order valence-electron chi connectivity index (χ1n) is 5.36. The molecule has 1 unspecified atom stereocenters. The van der Waals surface area contributed by atoms with Crippen LogP contribution in [0.1, 0.15) is 20.8 Å². The maximum Gasteiger partial charge on any atom is 0.237 e. The van der Waals surface area contributed by atoms with Crippen molar-refractivity contribution in [1.82, 2.24) is 15.5 Å². The van der Waals surface area contributed by atoms with Crippen LogP contribution in [-0.4, -0.2) is 49.1 Å². The molecule has 0 bridgehead atoms. The Labute approximate surface area is 86.0 Å². The minimum Gasteiger partial charge on any atom is -0.353 e. The Bertz CT molecular complexity index is 188. The van der Waals surface area contributed by atoms with Gasteiger partial charge in [-0.2, -0.15) is 0 Å². The summed E-state index contributed by atoms with van der Waals surface area (Å²) in [7, 11) is 0. The lowest BCUT2D eigenvalue weighted by Crippen LogP contribution is -2.53. The molecular formula is C10H21N3O. The first kappa shape index (κ1) is 11.5. The smallest absolute Gasteiger partial charge is 0.237 e. The molecule has 1 rings (SSSR count). The molecule has 1 aliphatic rings. The quantitative estimate of drug-likeness (QED) is 0.662. The zero-order chi connectivity index (χ0) is 10.6. The standard InChI is InChI=1S/C10H21N3O/c1-8(2)12-10(14)9(3)13-6-4-11-5-7-13/h8-9,11H,4-7H2,1-3H3,(H,12,14). The van der Waals surface area contributed by atoms with Crippen molar-refractivity contribution >= 4 is 5.91 Å². The van der Waals surface area contributed by atoms with Crippen LogP contribution in [0.5, 0.6) is 0 Å². The van der Waals surface area contributed by atoms with E-state index in [9.17, 15) is 4.79 Å². The molecule has 14 heavy (non-hydrogen) atoms. The van der Waals surface area contributed by atoms with Crippen LogP contribution < -0.4 is 10.6 Å². The first-order chi connectivity index (χ1) is 6.61. The normalized spacial score (nSPS) is 20.9. The highest BCUT2D eigenvalue weighted by molar-refractivity contribution is 5.81. The van der Waals surface area contributed by atoms with Crippen LogP contribution in [0.25, 0.3) is 0 Å². The molecule has 1 heterocycles. The van der Waals surface area contributed by atoms with Crippen LogP contribution in [0.2, 0.25) is 0 Å². The van der Waals surface area contributed by atoms with Gasteiger partial charge in [0.05, 0.1) is 6.04 Å². The SMILES string of the molecule is CC(C)NC(=O)C(C)N1CCNCC1. The van der Waals surface area contributed by atoms with E-state index in [0.29, 0.717) is 0 Å². The fourth-order valence-electron chi connectivity index (χ4n) is 1.64. The largest absolute Gasteiger partial charge is 0.353 e. The minimum atomic E-state index is -0.000463. The van der Waals surface area contributed by atoms with Gasteiger partial charge in [-0.1, -0.05) is 0 Å². The van der Waals surface area contributed by atoms with Crippen molar-refractivity contribution in [3.05, 3.63) is 0 Å². The molecule has 0 spiro atoms. The Morgan fingerprint density at radius 2 is 1.86 bits per heavy atom. The Balaban J connectivity index is 2.38. The van der Waals surface area contributed by atoms with Gasteiger partial charge in [0.1, 0.15) is 0 Å². The predicted octanol–water partition coefficient (Wildman–Crippen LogP) is -0.195. The second-order valence-electron chi connectivity index (χ2n) is 4.13. The van der Waals surface area contributed by atoms with Gasteiger partial charge >= 0.3 is 0 Å². The number of nitrogens with zero attached hydrogens (tertiary/aromatic N) is 1. The molecule has 1 atom stereocenters. The first-order valence-corrected chi connectivity index (χ1v) is 5.36. The Morgan fingerprint density at radius 1 is 1.29 bits per heavy atom. The summed E-state index contributed by atoms with van der Waals surface area (Å²) in [6.07, 6.45) is 0. The second-order valence-corrected chi connectivity index (χ2v) is 4.13. The fourth-order valence-corrected chi connectivity index (χ4v) is 1.64. The number of hydrogen-bond donors (Lipinski definition) is 2. The summed E-state index contributed by atoms with van der Waals surface area (Å²) >= 11 is 0. The number of carbonyl (C=O) groups excluding carboxylic acids is 1. The van der Waals surface area contributed by atoms with E-state index < -0.39 is 0 Å². The number of amides is 1. The molecule has 2 N–H and O–H groups in total. The Morgan fingerprint density at radius 3 is 2.36 bits per heavy atom. The van der Waals surface area contributed by atoms with Gasteiger partial charge in [-0.15, -0.1) is 0 Å². The molecule has 0 radical (unpaired) electrons. The molecule has 1 fully saturated rings. The van der Waals surface area contributed by atoms with Crippen molar-refractivity contribution in [2.75, 3.05) is 26.2 Å². The van der Waals surface area contributed by atoms with E-state index in [2.05, 4.69) is 15.5 Å². The molecule has 1 aliphatic heterocycles. The topological polar surface area (TPSA) is 44.4 Å². The zero-order valence-corrected chi connectivity index (χ0v) is 9.34. The molecule has 1 amide bonds. The van der Waals surface area contributed by atoms with E-state index in [1.165, 1.54) is 0 Å². The lowest BCUT2D eigenvalue weighted by atomic mass is 10.2. The van der Waals surface area contributed by atoms with Crippen LogP contribution >= 0.6 is 0 Å². The highest BCUT2D eigenvalue weighted by atomic mass is 16.2. The lowest BCUT2D eigenvalue weighted by molar-refractivity contribution is -0.126. The summed E-state index contributed by atoms with van der Waals surface area (Å²) in [5, 5.41) is 6.21. The maximum absolute atomic E-state index is 11.7. The van der Waals surface area contributed by atoms with Crippen LogP contribution in [0.15, 0.2) is 0 Å². The monoisotopic (exact) mass is 199 g/mol. The molecule has 4 heteroatoms. The Kier molecular flexibility index (Phi) is 4.35. The van der Waals surface area contributed by atoms with Crippen LogP contribution in [0.3, 0.4) is 0 Å². The molecule has 0 aromatic carbocycles. The van der Waals surface area contributed by atoms with E-state index in [0.717, 1.165) is 26.2 Å². The lowest BCUT2D eigenvalue weighted by Gasteiger charge is -2.32. The summed E-state index contributed by atoms with van der Waals surface area (Å²) in [4.78, 5) is 13.9. The van der Waals surface area contributed by atoms with Gasteiger partial charge in [0.25, 0.3) is 0 Å². The van der Waals surface area contributed by atoms with Crippen molar-refractivity contribution in [2.24, 2.45) is 0 Å². The van der Waals surface area contributed by atoms with Crippen molar-refractivity contribution in [1.29, 1.82) is 0 Å². The number of carbonyl (C=O) groups is 1. The number of piperazine rings is 1. The summed E-state index contributed by atoms with van der Waals surface area (Å²) < 4.78 is 0. The molecule has 0 aromatic heterocycles. The van der Waals surface area contributed by atoms with Crippen molar-refractivity contribution in [2.45, 2.75) is 32.9 Å². The molecule has 0 saturated carbocycles. The molecule has 0 aliphatic carbocycles. The molecule has 1 saturated heterocycles. The third-order valence-electron chi connectivity index (χ3n) is 2.51. The third kappa shape index (κ3) is 3.27. The summed E-state index contributed by atoms with van der Waals surface area (Å²) in [6.45, 7) is 9.85. The van der Waals surface area contributed by atoms with Crippen LogP contribution in [0.4, 0.5) is 0 Å². The van der Waals surface area contributed by atoms with Gasteiger partial charge in [0.15, 0.2) is 0 Å². The predicted molar refractivity (Wildman–Crippen MR) is 57.2 cm³/mol. The minimum absolute atomic E-state index is 0.000463. The Hall–Kier alpha value is -0.610. The van der Waals surface area contributed by atoms with Gasteiger partial charge in [0, 0.05) is 32.2 Å². The van der Waals surface area contributed by atoms with Gasteiger partial charge < -0.3 is 10.6 Å². The summed E-state index contributed by atoms with van der Waals surface area (Å²) in [5.74, 6) is 0.141. The molecule has 82 valence electrons. The summed E-state index contributed by atoms with van der Waals surface area (Å²) in [5.41, 5.74) is 0. The number of rotatable bonds is 3. The fraction of sp³-hybridized carbons (Fsp3) is 0.900. The van der Waals surface area contributed by atoms with Gasteiger partial charge in [0.2, 0.25) is 5.91 Å². The molecular weight excluding hydrogens is 178 g/mol. The number of hydrogen-bond acceptors (Lipinski definition) is 3. The van der Waals surface area contributed by atoms with E-state index >= 15 is 0 Å². The van der Waals surface area contributed by atoms with Crippen LogP contribution in [-0.2, 0) is 4.79 Å².